The van der Waals surface area contributed by atoms with E-state index < -0.39 is 35.7 Å². The molecule has 0 aliphatic heterocycles. The molecule has 0 heterocycles. The van der Waals surface area contributed by atoms with Gasteiger partial charge >= 0.3 is 5.97 Å². The van der Waals surface area contributed by atoms with Crippen molar-refractivity contribution in [3.8, 4) is 5.75 Å². The third-order valence-electron chi connectivity index (χ3n) is 3.14. The maximum absolute atomic E-state index is 12.9. The molecular weight excluding hydrogens is 332 g/mol. The van der Waals surface area contributed by atoms with Crippen LogP contribution >= 0.6 is 0 Å². The molecule has 1 amide bonds. The van der Waals surface area contributed by atoms with Gasteiger partial charge in [-0.3, -0.25) is 4.79 Å². The molecule has 0 saturated carbocycles. The molecule has 0 atom stereocenters. The summed E-state index contributed by atoms with van der Waals surface area (Å²) >= 11 is 0. The molecule has 0 aromatic heterocycles. The Bertz CT molecular complexity index is 743. The standard InChI is InChI=1S/C18H17F2NO4/c1-18(2,25-15-9-5-13(20)6-10-15)17(23)24-11-16(22)21-14-7-3-12(19)4-8-14/h3-10H,11H2,1-2H3,(H,21,22). The van der Waals surface area contributed by atoms with Gasteiger partial charge in [-0.25, -0.2) is 13.6 Å². The van der Waals surface area contributed by atoms with E-state index in [9.17, 15) is 18.4 Å². The summed E-state index contributed by atoms with van der Waals surface area (Å²) in [5.74, 6) is -1.89. The zero-order valence-corrected chi connectivity index (χ0v) is 13.7. The number of hydrogen-bond donors (Lipinski definition) is 1. The molecule has 5 nitrogen and oxygen atoms in total. The van der Waals surface area contributed by atoms with E-state index in [-0.39, 0.29) is 0 Å². The highest BCUT2D eigenvalue weighted by molar-refractivity contribution is 5.93. The van der Waals surface area contributed by atoms with Crippen LogP contribution in [0.2, 0.25) is 0 Å². The van der Waals surface area contributed by atoms with Crippen LogP contribution in [0, 0.1) is 11.6 Å². The first kappa shape index (κ1) is 18.4. The van der Waals surface area contributed by atoms with Crippen molar-refractivity contribution in [2.24, 2.45) is 0 Å². The Balaban J connectivity index is 1.86. The molecule has 2 aromatic carbocycles. The summed E-state index contributed by atoms with van der Waals surface area (Å²) in [6.07, 6.45) is 0. The normalized spacial score (nSPS) is 10.9. The lowest BCUT2D eigenvalue weighted by Gasteiger charge is -2.24. The summed E-state index contributed by atoms with van der Waals surface area (Å²) in [7, 11) is 0. The van der Waals surface area contributed by atoms with E-state index in [1.54, 1.807) is 0 Å². The number of anilines is 1. The predicted molar refractivity (Wildman–Crippen MR) is 87.1 cm³/mol. The van der Waals surface area contributed by atoms with Crippen LogP contribution in [0.4, 0.5) is 14.5 Å². The van der Waals surface area contributed by atoms with Crippen molar-refractivity contribution in [2.45, 2.75) is 19.4 Å². The van der Waals surface area contributed by atoms with Crippen LogP contribution < -0.4 is 10.1 Å². The number of hydrogen-bond acceptors (Lipinski definition) is 4. The Morgan fingerprint density at radius 3 is 2.04 bits per heavy atom. The minimum Gasteiger partial charge on any atom is -0.476 e. The lowest BCUT2D eigenvalue weighted by molar-refractivity contribution is -0.161. The van der Waals surface area contributed by atoms with Crippen LogP contribution in [0.15, 0.2) is 48.5 Å². The molecule has 2 aromatic rings. The van der Waals surface area contributed by atoms with Crippen LogP contribution in [0.25, 0.3) is 0 Å². The molecule has 0 unspecified atom stereocenters. The topological polar surface area (TPSA) is 64.6 Å². The Morgan fingerprint density at radius 2 is 1.48 bits per heavy atom. The Kier molecular flexibility index (Phi) is 5.69. The number of carbonyl (C=O) groups is 2. The predicted octanol–water partition coefficient (Wildman–Crippen LogP) is 3.30. The Labute approximate surface area is 143 Å². The van der Waals surface area contributed by atoms with E-state index >= 15 is 0 Å². The van der Waals surface area contributed by atoms with Crippen LogP contribution in [0.1, 0.15) is 13.8 Å². The quantitative estimate of drug-likeness (QED) is 0.813. The minimum atomic E-state index is -1.37. The molecule has 0 spiro atoms. The van der Waals surface area contributed by atoms with Gasteiger partial charge in [-0.1, -0.05) is 0 Å². The van der Waals surface area contributed by atoms with Gasteiger partial charge in [-0.2, -0.15) is 0 Å². The summed E-state index contributed by atoms with van der Waals surface area (Å²) in [4.78, 5) is 23.8. The van der Waals surface area contributed by atoms with Gasteiger partial charge in [0.2, 0.25) is 0 Å². The summed E-state index contributed by atoms with van der Waals surface area (Å²) in [6.45, 7) is 2.42. The molecule has 0 aliphatic rings. The number of ether oxygens (including phenoxy) is 2. The van der Waals surface area contributed by atoms with Gasteiger partial charge in [0, 0.05) is 5.69 Å². The second kappa shape index (κ2) is 7.74. The smallest absolute Gasteiger partial charge is 0.350 e. The van der Waals surface area contributed by atoms with Gasteiger partial charge < -0.3 is 14.8 Å². The first-order valence-corrected chi connectivity index (χ1v) is 7.43. The Hall–Kier alpha value is -2.96. The minimum absolute atomic E-state index is 0.291. The van der Waals surface area contributed by atoms with E-state index in [0.717, 1.165) is 0 Å². The molecule has 7 heteroatoms. The SMILES string of the molecule is CC(C)(Oc1ccc(F)cc1)C(=O)OCC(=O)Nc1ccc(F)cc1. The van der Waals surface area contributed by atoms with E-state index in [1.807, 2.05) is 0 Å². The molecule has 2 rings (SSSR count). The lowest BCUT2D eigenvalue weighted by atomic mass is 10.1. The highest BCUT2D eigenvalue weighted by Gasteiger charge is 2.32. The zero-order chi connectivity index (χ0) is 18.4. The van der Waals surface area contributed by atoms with Crippen LogP contribution in [-0.4, -0.2) is 24.1 Å². The average molecular weight is 349 g/mol. The molecule has 1 N–H and O–H groups in total. The van der Waals surface area contributed by atoms with E-state index in [2.05, 4.69) is 5.32 Å². The number of esters is 1. The second-order valence-electron chi connectivity index (χ2n) is 5.70. The Morgan fingerprint density at radius 1 is 0.960 bits per heavy atom. The van der Waals surface area contributed by atoms with E-state index in [0.29, 0.717) is 11.4 Å². The molecule has 0 aliphatic carbocycles. The van der Waals surface area contributed by atoms with E-state index in [4.69, 9.17) is 9.47 Å². The van der Waals surface area contributed by atoms with Crippen LogP contribution in [-0.2, 0) is 14.3 Å². The number of benzene rings is 2. The van der Waals surface area contributed by atoms with Gasteiger partial charge in [0.05, 0.1) is 0 Å². The van der Waals surface area contributed by atoms with Crippen LogP contribution in [0.5, 0.6) is 5.75 Å². The molecule has 25 heavy (non-hydrogen) atoms. The van der Waals surface area contributed by atoms with Crippen molar-refractivity contribution < 1.29 is 27.8 Å². The lowest BCUT2D eigenvalue weighted by Crippen LogP contribution is -2.41. The van der Waals surface area contributed by atoms with Gasteiger partial charge in [0.1, 0.15) is 17.4 Å². The van der Waals surface area contributed by atoms with E-state index in [1.165, 1.54) is 62.4 Å². The maximum Gasteiger partial charge on any atom is 0.350 e. The second-order valence-corrected chi connectivity index (χ2v) is 5.70. The first-order valence-electron chi connectivity index (χ1n) is 7.43. The highest BCUT2D eigenvalue weighted by atomic mass is 19.1. The number of halogens is 2. The molecule has 0 fully saturated rings. The molecular formula is C18H17F2NO4. The summed E-state index contributed by atoms with van der Waals surface area (Å²) in [6, 6.07) is 10.3. The van der Waals surface area contributed by atoms with Gasteiger partial charge in [-0.15, -0.1) is 0 Å². The third kappa shape index (κ3) is 5.56. The van der Waals surface area contributed by atoms with Crippen molar-refractivity contribution in [1.29, 1.82) is 0 Å². The summed E-state index contributed by atoms with van der Waals surface area (Å²) in [5, 5.41) is 2.47. The van der Waals surface area contributed by atoms with Crippen molar-refractivity contribution in [1.82, 2.24) is 0 Å². The highest BCUT2D eigenvalue weighted by Crippen LogP contribution is 2.20. The van der Waals surface area contributed by atoms with Gasteiger partial charge in [-0.05, 0) is 62.4 Å². The average Bonchev–Trinajstić information content (AvgIpc) is 2.56. The summed E-state index contributed by atoms with van der Waals surface area (Å²) in [5.41, 5.74) is -0.988. The number of rotatable bonds is 6. The zero-order valence-electron chi connectivity index (χ0n) is 13.7. The third-order valence-corrected chi connectivity index (χ3v) is 3.14. The number of carbonyl (C=O) groups excluding carboxylic acids is 2. The fourth-order valence-electron chi connectivity index (χ4n) is 1.87. The van der Waals surface area contributed by atoms with Crippen molar-refractivity contribution in [3.63, 3.8) is 0 Å². The largest absolute Gasteiger partial charge is 0.476 e. The van der Waals surface area contributed by atoms with Crippen molar-refractivity contribution >= 4 is 17.6 Å². The molecule has 132 valence electrons. The molecule has 0 saturated heterocycles. The van der Waals surface area contributed by atoms with Crippen LogP contribution in [0.3, 0.4) is 0 Å². The maximum atomic E-state index is 12.9. The first-order chi connectivity index (χ1) is 11.8. The van der Waals surface area contributed by atoms with Gasteiger partial charge in [0.15, 0.2) is 12.2 Å². The van der Waals surface area contributed by atoms with Gasteiger partial charge in [0.25, 0.3) is 5.91 Å². The number of nitrogens with one attached hydrogen (secondary N) is 1. The number of amides is 1. The fourth-order valence-corrected chi connectivity index (χ4v) is 1.87. The molecule has 0 radical (unpaired) electrons. The molecule has 0 bridgehead atoms. The summed E-state index contributed by atoms with van der Waals surface area (Å²) < 4.78 is 36.1. The monoisotopic (exact) mass is 349 g/mol. The van der Waals surface area contributed by atoms with Crippen molar-refractivity contribution in [2.75, 3.05) is 11.9 Å². The fraction of sp³-hybridized carbons (Fsp3) is 0.222. The van der Waals surface area contributed by atoms with Crippen molar-refractivity contribution in [3.05, 3.63) is 60.2 Å².